The van der Waals surface area contributed by atoms with Crippen molar-refractivity contribution >= 4 is 24.2 Å². The zero-order chi connectivity index (χ0) is 11.5. The van der Waals surface area contributed by atoms with Gasteiger partial charge in [-0.3, -0.25) is 9.59 Å². The molecule has 0 saturated carbocycles. The van der Waals surface area contributed by atoms with Gasteiger partial charge in [0.25, 0.3) is 0 Å². The first-order valence-corrected chi connectivity index (χ1v) is 4.81. The lowest BCUT2D eigenvalue weighted by atomic mass is 10.4. The number of rotatable bonds is 6. The Morgan fingerprint density at radius 1 is 1.00 bits per heavy atom. The van der Waals surface area contributed by atoms with Gasteiger partial charge in [0.15, 0.2) is 0 Å². The van der Waals surface area contributed by atoms with Crippen molar-refractivity contribution in [2.45, 2.75) is 33.1 Å². The fourth-order valence-electron chi connectivity index (χ4n) is 0.643. The van der Waals surface area contributed by atoms with Crippen molar-refractivity contribution in [1.29, 1.82) is 0 Å². The Balaban J connectivity index is 3.71. The molecule has 0 spiro atoms. The van der Waals surface area contributed by atoms with Gasteiger partial charge in [0, 0.05) is 12.4 Å². The molecule has 15 heavy (non-hydrogen) atoms. The van der Waals surface area contributed by atoms with Crippen molar-refractivity contribution in [2.24, 2.45) is 10.2 Å². The van der Waals surface area contributed by atoms with Crippen LogP contribution in [0.3, 0.4) is 0 Å². The number of nitrogens with one attached hydrogen (secondary N) is 2. The van der Waals surface area contributed by atoms with Crippen LogP contribution in [0.1, 0.15) is 33.1 Å². The molecule has 0 aromatic rings. The average molecular weight is 212 g/mol. The number of hydrazone groups is 2. The van der Waals surface area contributed by atoms with E-state index in [-0.39, 0.29) is 6.42 Å². The highest BCUT2D eigenvalue weighted by molar-refractivity contribution is 5.96. The van der Waals surface area contributed by atoms with E-state index < -0.39 is 11.8 Å². The first-order valence-electron chi connectivity index (χ1n) is 4.81. The van der Waals surface area contributed by atoms with E-state index >= 15 is 0 Å². The Hall–Kier alpha value is -1.72. The van der Waals surface area contributed by atoms with Gasteiger partial charge in [0.2, 0.25) is 11.8 Å². The van der Waals surface area contributed by atoms with E-state index in [2.05, 4.69) is 21.1 Å². The van der Waals surface area contributed by atoms with E-state index in [1.54, 1.807) is 12.4 Å². The lowest BCUT2D eigenvalue weighted by Crippen LogP contribution is -2.27. The fraction of sp³-hybridized carbons (Fsp3) is 0.556. The smallest absolute Gasteiger partial charge is 0.249 e. The van der Waals surface area contributed by atoms with Gasteiger partial charge in [-0.1, -0.05) is 13.8 Å². The Morgan fingerprint density at radius 2 is 1.40 bits per heavy atom. The molecule has 0 heterocycles. The van der Waals surface area contributed by atoms with Gasteiger partial charge in [-0.05, 0) is 12.8 Å². The van der Waals surface area contributed by atoms with E-state index in [1.807, 2.05) is 13.8 Å². The summed E-state index contributed by atoms with van der Waals surface area (Å²) in [5.41, 5.74) is 4.45. The van der Waals surface area contributed by atoms with E-state index in [9.17, 15) is 9.59 Å². The van der Waals surface area contributed by atoms with Crippen molar-refractivity contribution in [1.82, 2.24) is 10.9 Å². The van der Waals surface area contributed by atoms with Crippen molar-refractivity contribution in [3.8, 4) is 0 Å². The summed E-state index contributed by atoms with van der Waals surface area (Å²) in [5, 5.41) is 7.19. The second-order valence-corrected chi connectivity index (χ2v) is 2.69. The molecule has 0 bridgehead atoms. The van der Waals surface area contributed by atoms with Crippen LogP contribution in [0, 0.1) is 0 Å². The maximum absolute atomic E-state index is 11.0. The molecule has 0 radical (unpaired) electrons. The van der Waals surface area contributed by atoms with Crippen LogP contribution in [-0.4, -0.2) is 24.2 Å². The molecule has 0 unspecified atom stereocenters. The number of carbonyl (C=O) groups excluding carboxylic acids is 2. The standard InChI is InChI=1S/C9H16N4O2/c1-3-5-10-12-8(14)7-9(15)13-11-6-4-2/h5-6H,3-4,7H2,1-2H3,(H,12,14)(H,13,15)/b10-5-,11-6-. The van der Waals surface area contributed by atoms with Gasteiger partial charge in [0.05, 0.1) is 0 Å². The minimum absolute atomic E-state index is 0.276. The third-order valence-corrected chi connectivity index (χ3v) is 1.25. The first-order chi connectivity index (χ1) is 7.20. The van der Waals surface area contributed by atoms with E-state index in [0.29, 0.717) is 0 Å². The summed E-state index contributed by atoms with van der Waals surface area (Å²) in [5.74, 6) is -0.909. The minimum Gasteiger partial charge on any atom is -0.273 e. The molecule has 0 aliphatic rings. The fourth-order valence-corrected chi connectivity index (χ4v) is 0.643. The Labute approximate surface area is 88.8 Å². The van der Waals surface area contributed by atoms with E-state index in [1.165, 1.54) is 0 Å². The lowest BCUT2D eigenvalue weighted by Gasteiger charge is -1.98. The highest BCUT2D eigenvalue weighted by Gasteiger charge is 2.06. The van der Waals surface area contributed by atoms with Gasteiger partial charge in [-0.2, -0.15) is 10.2 Å². The topological polar surface area (TPSA) is 82.9 Å². The maximum atomic E-state index is 11.0. The Morgan fingerprint density at radius 3 is 1.73 bits per heavy atom. The number of carbonyl (C=O) groups is 2. The molecule has 0 rings (SSSR count). The van der Waals surface area contributed by atoms with Crippen LogP contribution >= 0.6 is 0 Å². The average Bonchev–Trinajstić information content (AvgIpc) is 2.18. The zero-order valence-corrected chi connectivity index (χ0v) is 8.99. The van der Waals surface area contributed by atoms with Gasteiger partial charge in [0.1, 0.15) is 6.42 Å². The molecule has 84 valence electrons. The Kier molecular flexibility index (Phi) is 7.84. The van der Waals surface area contributed by atoms with Crippen LogP contribution in [0.4, 0.5) is 0 Å². The quantitative estimate of drug-likeness (QED) is 0.379. The van der Waals surface area contributed by atoms with Gasteiger partial charge < -0.3 is 0 Å². The monoisotopic (exact) mass is 212 g/mol. The van der Waals surface area contributed by atoms with Crippen molar-refractivity contribution < 1.29 is 9.59 Å². The third-order valence-electron chi connectivity index (χ3n) is 1.25. The number of hydrogen-bond acceptors (Lipinski definition) is 4. The highest BCUT2D eigenvalue weighted by atomic mass is 16.2. The summed E-state index contributed by atoms with van der Waals surface area (Å²) in [6.07, 6.45) is 4.28. The molecule has 0 aromatic carbocycles. The Bertz CT molecular complexity index is 235. The predicted molar refractivity (Wildman–Crippen MR) is 58.5 cm³/mol. The summed E-state index contributed by atoms with van der Waals surface area (Å²) in [7, 11) is 0. The molecule has 6 nitrogen and oxygen atoms in total. The number of hydrogen-bond donors (Lipinski definition) is 2. The third kappa shape index (κ3) is 8.61. The van der Waals surface area contributed by atoms with Crippen LogP contribution in [-0.2, 0) is 9.59 Å². The van der Waals surface area contributed by atoms with Crippen LogP contribution in [0.2, 0.25) is 0 Å². The first kappa shape index (κ1) is 13.3. The SMILES string of the molecule is CC/C=N\NC(=O)CC(=O)N/N=C\CC. The van der Waals surface area contributed by atoms with Crippen molar-refractivity contribution in [3.63, 3.8) is 0 Å². The van der Waals surface area contributed by atoms with Crippen LogP contribution < -0.4 is 10.9 Å². The maximum Gasteiger partial charge on any atom is 0.249 e. The van der Waals surface area contributed by atoms with Gasteiger partial charge in [-0.15, -0.1) is 0 Å². The zero-order valence-electron chi connectivity index (χ0n) is 8.99. The number of nitrogens with zero attached hydrogens (tertiary/aromatic N) is 2. The normalized spacial score (nSPS) is 10.8. The molecule has 0 atom stereocenters. The second-order valence-electron chi connectivity index (χ2n) is 2.69. The number of amides is 2. The molecule has 6 heteroatoms. The molecule has 0 aliphatic carbocycles. The molecule has 0 fully saturated rings. The summed E-state index contributed by atoms with van der Waals surface area (Å²) in [4.78, 5) is 22.0. The molecular formula is C9H16N4O2. The predicted octanol–water partition coefficient (Wildman–Crippen LogP) is 0.400. The molecule has 0 aromatic heterocycles. The van der Waals surface area contributed by atoms with Crippen LogP contribution in [0.5, 0.6) is 0 Å². The largest absolute Gasteiger partial charge is 0.273 e. The van der Waals surface area contributed by atoms with E-state index in [4.69, 9.17) is 0 Å². The molecule has 0 saturated heterocycles. The summed E-state index contributed by atoms with van der Waals surface area (Å²) < 4.78 is 0. The summed E-state index contributed by atoms with van der Waals surface area (Å²) in [6.45, 7) is 3.78. The summed E-state index contributed by atoms with van der Waals surface area (Å²) >= 11 is 0. The van der Waals surface area contributed by atoms with Crippen molar-refractivity contribution in [3.05, 3.63) is 0 Å². The minimum atomic E-state index is -0.455. The summed E-state index contributed by atoms with van der Waals surface area (Å²) in [6, 6.07) is 0. The molecule has 0 aliphatic heterocycles. The highest BCUT2D eigenvalue weighted by Crippen LogP contribution is 1.80. The lowest BCUT2D eigenvalue weighted by molar-refractivity contribution is -0.129. The second kappa shape index (κ2) is 8.86. The van der Waals surface area contributed by atoms with Crippen molar-refractivity contribution in [2.75, 3.05) is 0 Å². The van der Waals surface area contributed by atoms with Crippen LogP contribution in [0.25, 0.3) is 0 Å². The van der Waals surface area contributed by atoms with Gasteiger partial charge in [-0.25, -0.2) is 10.9 Å². The van der Waals surface area contributed by atoms with E-state index in [0.717, 1.165) is 12.8 Å². The van der Waals surface area contributed by atoms with Crippen LogP contribution in [0.15, 0.2) is 10.2 Å². The molecular weight excluding hydrogens is 196 g/mol. The van der Waals surface area contributed by atoms with Gasteiger partial charge >= 0.3 is 0 Å². The molecule has 2 N–H and O–H groups in total. The molecule has 2 amide bonds.